The molecule has 1 saturated heterocycles. The summed E-state index contributed by atoms with van der Waals surface area (Å²) in [7, 11) is 0. The lowest BCUT2D eigenvalue weighted by molar-refractivity contribution is 0.132. The number of para-hydroxylation sites is 1. The van der Waals surface area contributed by atoms with Crippen LogP contribution in [-0.4, -0.2) is 42.4 Å². The quantitative estimate of drug-likeness (QED) is 0.835. The number of rotatable bonds is 6. The molecule has 1 aliphatic heterocycles. The van der Waals surface area contributed by atoms with Gasteiger partial charge >= 0.3 is 0 Å². The van der Waals surface area contributed by atoms with Crippen LogP contribution in [0, 0.1) is 0 Å². The number of piperidine rings is 1. The second kappa shape index (κ2) is 7.62. The summed E-state index contributed by atoms with van der Waals surface area (Å²) in [6, 6.07) is 7.98. The molecular formula is C16H26N2O2. The van der Waals surface area contributed by atoms with Gasteiger partial charge in [0.05, 0.1) is 12.6 Å². The third-order valence-corrected chi connectivity index (χ3v) is 4.09. The summed E-state index contributed by atoms with van der Waals surface area (Å²) in [5.41, 5.74) is 6.77. The highest BCUT2D eigenvalue weighted by molar-refractivity contribution is 5.35. The van der Waals surface area contributed by atoms with Crippen molar-refractivity contribution in [2.45, 2.75) is 38.3 Å². The molecule has 1 aromatic carbocycles. The van der Waals surface area contributed by atoms with Crippen LogP contribution in [0.4, 0.5) is 0 Å². The first-order valence-corrected chi connectivity index (χ1v) is 7.54. The fourth-order valence-electron chi connectivity index (χ4n) is 2.78. The Hall–Kier alpha value is -1.10. The fourth-order valence-corrected chi connectivity index (χ4v) is 2.78. The minimum atomic E-state index is -0.375. The van der Waals surface area contributed by atoms with E-state index >= 15 is 0 Å². The van der Waals surface area contributed by atoms with Crippen molar-refractivity contribution < 1.29 is 9.84 Å². The standard InChI is InChI=1S/C16H26N2O2/c1-13-6-4-5-9-18(13)10-11-20-16-8-3-2-7-14(16)15(17)12-19/h2-3,7-8,13,15,19H,4-6,9-12,17H2,1H3/t13?,15-/m1/s1. The topological polar surface area (TPSA) is 58.7 Å². The lowest BCUT2D eigenvalue weighted by Gasteiger charge is -2.33. The van der Waals surface area contributed by atoms with Crippen LogP contribution in [0.25, 0.3) is 0 Å². The first kappa shape index (κ1) is 15.3. The first-order chi connectivity index (χ1) is 9.72. The van der Waals surface area contributed by atoms with Gasteiger partial charge in [0.25, 0.3) is 0 Å². The van der Waals surface area contributed by atoms with Gasteiger partial charge in [0, 0.05) is 18.2 Å². The van der Waals surface area contributed by atoms with E-state index in [2.05, 4.69) is 11.8 Å². The van der Waals surface area contributed by atoms with Crippen molar-refractivity contribution in [3.8, 4) is 5.75 Å². The monoisotopic (exact) mass is 278 g/mol. The van der Waals surface area contributed by atoms with Crippen molar-refractivity contribution in [2.75, 3.05) is 26.3 Å². The minimum absolute atomic E-state index is 0.0659. The molecule has 20 heavy (non-hydrogen) atoms. The van der Waals surface area contributed by atoms with Crippen LogP contribution in [0.3, 0.4) is 0 Å². The second-order valence-corrected chi connectivity index (χ2v) is 5.56. The average molecular weight is 278 g/mol. The van der Waals surface area contributed by atoms with Crippen molar-refractivity contribution in [3.05, 3.63) is 29.8 Å². The summed E-state index contributed by atoms with van der Waals surface area (Å²) < 4.78 is 5.88. The van der Waals surface area contributed by atoms with Crippen LogP contribution < -0.4 is 10.5 Å². The molecule has 4 heteroatoms. The van der Waals surface area contributed by atoms with E-state index in [0.717, 1.165) is 17.9 Å². The van der Waals surface area contributed by atoms with Gasteiger partial charge in [-0.2, -0.15) is 0 Å². The summed E-state index contributed by atoms with van der Waals surface area (Å²) >= 11 is 0. The summed E-state index contributed by atoms with van der Waals surface area (Å²) in [6.07, 6.45) is 3.91. The smallest absolute Gasteiger partial charge is 0.124 e. The average Bonchev–Trinajstić information content (AvgIpc) is 2.49. The highest BCUT2D eigenvalue weighted by Crippen LogP contribution is 2.23. The van der Waals surface area contributed by atoms with Gasteiger partial charge in [-0.1, -0.05) is 24.6 Å². The van der Waals surface area contributed by atoms with E-state index in [1.165, 1.54) is 25.8 Å². The number of nitrogens with zero attached hydrogens (tertiary/aromatic N) is 1. The molecule has 1 unspecified atom stereocenters. The molecule has 0 bridgehead atoms. The third kappa shape index (κ3) is 3.95. The Morgan fingerprint density at radius 1 is 1.40 bits per heavy atom. The Morgan fingerprint density at radius 3 is 2.95 bits per heavy atom. The number of nitrogens with two attached hydrogens (primary N) is 1. The van der Waals surface area contributed by atoms with Gasteiger partial charge in [-0.25, -0.2) is 0 Å². The van der Waals surface area contributed by atoms with Crippen molar-refractivity contribution in [3.63, 3.8) is 0 Å². The van der Waals surface area contributed by atoms with Crippen molar-refractivity contribution in [1.29, 1.82) is 0 Å². The number of aliphatic hydroxyl groups excluding tert-OH is 1. The van der Waals surface area contributed by atoms with Crippen LogP contribution >= 0.6 is 0 Å². The Bertz CT molecular complexity index is 411. The molecule has 3 N–H and O–H groups in total. The first-order valence-electron chi connectivity index (χ1n) is 7.54. The third-order valence-electron chi connectivity index (χ3n) is 4.09. The van der Waals surface area contributed by atoms with E-state index in [1.807, 2.05) is 24.3 Å². The highest BCUT2D eigenvalue weighted by atomic mass is 16.5. The molecule has 2 rings (SSSR count). The molecule has 0 aromatic heterocycles. The molecule has 112 valence electrons. The highest BCUT2D eigenvalue weighted by Gasteiger charge is 2.18. The van der Waals surface area contributed by atoms with Crippen LogP contribution in [-0.2, 0) is 0 Å². The maximum atomic E-state index is 9.19. The number of hydrogen-bond donors (Lipinski definition) is 2. The molecule has 1 fully saturated rings. The van der Waals surface area contributed by atoms with Gasteiger partial charge in [0.2, 0.25) is 0 Å². The van der Waals surface area contributed by atoms with Gasteiger partial charge < -0.3 is 15.6 Å². The van der Waals surface area contributed by atoms with Gasteiger partial charge in [-0.15, -0.1) is 0 Å². The van der Waals surface area contributed by atoms with Crippen molar-refractivity contribution >= 4 is 0 Å². The fraction of sp³-hybridized carbons (Fsp3) is 0.625. The molecule has 2 atom stereocenters. The Kier molecular flexibility index (Phi) is 5.83. The number of likely N-dealkylation sites (tertiary alicyclic amines) is 1. The molecule has 0 aliphatic carbocycles. The minimum Gasteiger partial charge on any atom is -0.492 e. The Labute approximate surface area is 121 Å². The molecule has 0 spiro atoms. The van der Waals surface area contributed by atoms with E-state index < -0.39 is 0 Å². The molecule has 0 amide bonds. The van der Waals surface area contributed by atoms with Crippen LogP contribution in [0.1, 0.15) is 37.8 Å². The van der Waals surface area contributed by atoms with Crippen molar-refractivity contribution in [1.82, 2.24) is 4.90 Å². The molecule has 1 aliphatic rings. The molecule has 0 saturated carbocycles. The van der Waals surface area contributed by atoms with E-state index in [1.54, 1.807) is 0 Å². The molecule has 1 aromatic rings. The zero-order valence-electron chi connectivity index (χ0n) is 12.3. The van der Waals surface area contributed by atoms with Gasteiger partial charge in [-0.3, -0.25) is 4.90 Å². The summed E-state index contributed by atoms with van der Waals surface area (Å²) in [6.45, 7) is 5.00. The summed E-state index contributed by atoms with van der Waals surface area (Å²) in [5, 5.41) is 9.19. The SMILES string of the molecule is CC1CCCCN1CCOc1ccccc1[C@H](N)CO. The molecule has 0 radical (unpaired) electrons. The van der Waals surface area contributed by atoms with Gasteiger partial charge in [0.1, 0.15) is 12.4 Å². The predicted octanol–water partition coefficient (Wildman–Crippen LogP) is 1.93. The summed E-state index contributed by atoms with van der Waals surface area (Å²) in [5.74, 6) is 0.790. The largest absolute Gasteiger partial charge is 0.492 e. The van der Waals surface area contributed by atoms with Gasteiger partial charge in [0.15, 0.2) is 0 Å². The van der Waals surface area contributed by atoms with Crippen LogP contribution in [0.5, 0.6) is 5.75 Å². The molecule has 1 heterocycles. The Balaban J connectivity index is 1.87. The predicted molar refractivity (Wildman–Crippen MR) is 80.8 cm³/mol. The lowest BCUT2D eigenvalue weighted by Crippen LogP contribution is -2.40. The molecular weight excluding hydrogens is 252 g/mol. The van der Waals surface area contributed by atoms with E-state index in [9.17, 15) is 5.11 Å². The zero-order chi connectivity index (χ0) is 14.4. The normalized spacial score (nSPS) is 21.6. The van der Waals surface area contributed by atoms with Gasteiger partial charge in [-0.05, 0) is 32.4 Å². The number of benzene rings is 1. The lowest BCUT2D eigenvalue weighted by atomic mass is 10.0. The Morgan fingerprint density at radius 2 is 2.20 bits per heavy atom. The maximum Gasteiger partial charge on any atom is 0.124 e. The van der Waals surface area contributed by atoms with Crippen molar-refractivity contribution in [2.24, 2.45) is 5.73 Å². The van der Waals surface area contributed by atoms with E-state index in [-0.39, 0.29) is 12.6 Å². The molecule has 4 nitrogen and oxygen atoms in total. The number of aliphatic hydroxyl groups is 1. The van der Waals surface area contributed by atoms with E-state index in [0.29, 0.717) is 12.6 Å². The number of ether oxygens (including phenoxy) is 1. The maximum absolute atomic E-state index is 9.19. The number of hydrogen-bond acceptors (Lipinski definition) is 4. The van der Waals surface area contributed by atoms with Crippen LogP contribution in [0.15, 0.2) is 24.3 Å². The zero-order valence-corrected chi connectivity index (χ0v) is 12.3. The summed E-state index contributed by atoms with van der Waals surface area (Å²) in [4.78, 5) is 2.48. The van der Waals surface area contributed by atoms with Crippen LogP contribution in [0.2, 0.25) is 0 Å². The second-order valence-electron chi connectivity index (χ2n) is 5.56. The van der Waals surface area contributed by atoms with E-state index in [4.69, 9.17) is 10.5 Å².